The van der Waals surface area contributed by atoms with Gasteiger partial charge in [0, 0.05) is 51.9 Å². The molecule has 0 saturated carbocycles. The van der Waals surface area contributed by atoms with Crippen LogP contribution in [0, 0.1) is 5.92 Å². The molecule has 0 spiro atoms. The lowest BCUT2D eigenvalue weighted by molar-refractivity contribution is 0.0130. The van der Waals surface area contributed by atoms with Crippen LogP contribution in [-0.2, 0) is 16.1 Å². The summed E-state index contributed by atoms with van der Waals surface area (Å²) in [6.07, 6.45) is 2.46. The molecule has 1 aromatic rings. The normalized spacial score (nSPS) is 19.5. The van der Waals surface area contributed by atoms with E-state index in [2.05, 4.69) is 23.9 Å². The van der Waals surface area contributed by atoms with Crippen molar-refractivity contribution >= 4 is 12.2 Å². The topological polar surface area (TPSA) is 65.6 Å². The molecule has 1 aromatic carbocycles. The molecule has 3 rings (SSSR count). The van der Waals surface area contributed by atoms with Crippen LogP contribution in [0.2, 0.25) is 0 Å². The largest absolute Gasteiger partial charge is 0.445 e. The Morgan fingerprint density at radius 1 is 0.943 bits per heavy atom. The molecule has 1 unspecified atom stereocenters. The third-order valence-electron chi connectivity index (χ3n) is 6.71. The maximum Gasteiger partial charge on any atom is 0.410 e. The number of piperidine rings is 1. The summed E-state index contributed by atoms with van der Waals surface area (Å²) in [4.78, 5) is 33.5. The predicted molar refractivity (Wildman–Crippen MR) is 137 cm³/mol. The van der Waals surface area contributed by atoms with Crippen LogP contribution in [0.4, 0.5) is 9.59 Å². The Labute approximate surface area is 211 Å². The van der Waals surface area contributed by atoms with Crippen molar-refractivity contribution in [2.45, 2.75) is 58.3 Å². The Morgan fingerprint density at radius 3 is 2.23 bits per heavy atom. The van der Waals surface area contributed by atoms with Crippen molar-refractivity contribution in [1.82, 2.24) is 19.6 Å². The fourth-order valence-electron chi connectivity index (χ4n) is 4.78. The van der Waals surface area contributed by atoms with Crippen molar-refractivity contribution in [1.29, 1.82) is 0 Å². The highest BCUT2D eigenvalue weighted by molar-refractivity contribution is 5.68. The first-order valence-corrected chi connectivity index (χ1v) is 12.9. The number of ether oxygens (including phenoxy) is 2. The molecule has 1 atom stereocenters. The molecular weight excluding hydrogens is 444 g/mol. The van der Waals surface area contributed by atoms with E-state index >= 15 is 0 Å². The van der Waals surface area contributed by atoms with E-state index < -0.39 is 5.60 Å². The first-order chi connectivity index (χ1) is 16.6. The number of likely N-dealkylation sites (tertiary alicyclic amines) is 2. The molecule has 0 radical (unpaired) electrons. The second-order valence-corrected chi connectivity index (χ2v) is 11.1. The van der Waals surface area contributed by atoms with Crippen molar-refractivity contribution in [2.24, 2.45) is 5.92 Å². The number of carbonyl (C=O) groups is 2. The lowest BCUT2D eigenvalue weighted by Crippen LogP contribution is -2.50. The number of hydrogen-bond acceptors (Lipinski definition) is 6. The molecule has 0 N–H and O–H groups in total. The van der Waals surface area contributed by atoms with Crippen LogP contribution in [0.1, 0.15) is 45.6 Å². The molecule has 35 heavy (non-hydrogen) atoms. The van der Waals surface area contributed by atoms with Gasteiger partial charge in [-0.3, -0.25) is 4.90 Å². The van der Waals surface area contributed by atoms with Crippen molar-refractivity contribution in [3.8, 4) is 0 Å². The lowest BCUT2D eigenvalue weighted by atomic mass is 10.0. The Bertz CT molecular complexity index is 803. The summed E-state index contributed by atoms with van der Waals surface area (Å²) in [5.41, 5.74) is 0.534. The van der Waals surface area contributed by atoms with Gasteiger partial charge < -0.3 is 24.2 Å². The first-order valence-electron chi connectivity index (χ1n) is 12.9. The maximum atomic E-state index is 12.6. The molecule has 8 nitrogen and oxygen atoms in total. The molecule has 196 valence electrons. The maximum absolute atomic E-state index is 12.6. The van der Waals surface area contributed by atoms with E-state index in [4.69, 9.17) is 9.47 Å². The average molecular weight is 489 g/mol. The molecule has 2 aliphatic heterocycles. The number of benzene rings is 1. The van der Waals surface area contributed by atoms with Crippen LogP contribution in [0.15, 0.2) is 30.3 Å². The summed E-state index contributed by atoms with van der Waals surface area (Å²) < 4.78 is 11.1. The first kappa shape index (κ1) is 27.3. The van der Waals surface area contributed by atoms with Gasteiger partial charge >= 0.3 is 12.2 Å². The minimum atomic E-state index is -0.470. The number of amides is 2. The van der Waals surface area contributed by atoms with Crippen LogP contribution >= 0.6 is 0 Å². The lowest BCUT2D eigenvalue weighted by Gasteiger charge is -2.40. The Hall–Kier alpha value is -2.32. The summed E-state index contributed by atoms with van der Waals surface area (Å²) in [7, 11) is 4.20. The predicted octanol–water partition coefficient (Wildman–Crippen LogP) is 3.91. The van der Waals surface area contributed by atoms with Gasteiger partial charge in [0.25, 0.3) is 0 Å². The third-order valence-corrected chi connectivity index (χ3v) is 6.71. The monoisotopic (exact) mass is 488 g/mol. The van der Waals surface area contributed by atoms with E-state index in [-0.39, 0.29) is 12.2 Å². The van der Waals surface area contributed by atoms with Gasteiger partial charge in [-0.2, -0.15) is 0 Å². The van der Waals surface area contributed by atoms with Crippen molar-refractivity contribution in [3.05, 3.63) is 35.9 Å². The van der Waals surface area contributed by atoms with Gasteiger partial charge in [-0.25, -0.2) is 9.59 Å². The SMILES string of the molecule is CN(C)CCN(CC1CCN(C(=O)OCc2ccccc2)C1)C1CCN(C(=O)OC(C)(C)C)CC1. The summed E-state index contributed by atoms with van der Waals surface area (Å²) in [6.45, 7) is 11.9. The van der Waals surface area contributed by atoms with Gasteiger partial charge in [-0.1, -0.05) is 30.3 Å². The zero-order valence-corrected chi connectivity index (χ0v) is 22.2. The molecule has 0 bridgehead atoms. The van der Waals surface area contributed by atoms with Crippen LogP contribution in [0.5, 0.6) is 0 Å². The summed E-state index contributed by atoms with van der Waals surface area (Å²) in [5.74, 6) is 0.435. The summed E-state index contributed by atoms with van der Waals surface area (Å²) >= 11 is 0. The van der Waals surface area contributed by atoms with Gasteiger partial charge in [-0.05, 0) is 65.6 Å². The quantitative estimate of drug-likeness (QED) is 0.553. The van der Waals surface area contributed by atoms with E-state index in [1.807, 2.05) is 60.9 Å². The van der Waals surface area contributed by atoms with Crippen molar-refractivity contribution < 1.29 is 19.1 Å². The van der Waals surface area contributed by atoms with Gasteiger partial charge in [0.05, 0.1) is 0 Å². The van der Waals surface area contributed by atoms with Crippen LogP contribution in [0.3, 0.4) is 0 Å². The van der Waals surface area contributed by atoms with Crippen LogP contribution < -0.4 is 0 Å². The van der Waals surface area contributed by atoms with E-state index in [0.29, 0.717) is 18.6 Å². The highest BCUT2D eigenvalue weighted by Gasteiger charge is 2.33. The molecule has 2 amide bonds. The molecule has 0 aromatic heterocycles. The second kappa shape index (κ2) is 12.6. The molecule has 2 saturated heterocycles. The van der Waals surface area contributed by atoms with Gasteiger partial charge in [-0.15, -0.1) is 0 Å². The Morgan fingerprint density at radius 2 is 1.60 bits per heavy atom. The smallest absolute Gasteiger partial charge is 0.410 e. The molecule has 2 heterocycles. The van der Waals surface area contributed by atoms with E-state index in [0.717, 1.165) is 70.6 Å². The van der Waals surface area contributed by atoms with Gasteiger partial charge in [0.1, 0.15) is 12.2 Å². The van der Waals surface area contributed by atoms with Crippen molar-refractivity contribution in [3.63, 3.8) is 0 Å². The van der Waals surface area contributed by atoms with Crippen molar-refractivity contribution in [2.75, 3.05) is 59.9 Å². The molecule has 8 heteroatoms. The van der Waals surface area contributed by atoms with E-state index in [1.54, 1.807) is 0 Å². The minimum absolute atomic E-state index is 0.212. The minimum Gasteiger partial charge on any atom is -0.445 e. The summed E-state index contributed by atoms with van der Waals surface area (Å²) in [5, 5.41) is 0. The zero-order valence-electron chi connectivity index (χ0n) is 22.2. The molecular formula is C27H44N4O4. The van der Waals surface area contributed by atoms with E-state index in [1.165, 1.54) is 0 Å². The van der Waals surface area contributed by atoms with E-state index in [9.17, 15) is 9.59 Å². The molecule has 2 aliphatic rings. The highest BCUT2D eigenvalue weighted by Crippen LogP contribution is 2.24. The van der Waals surface area contributed by atoms with Gasteiger partial charge in [0.2, 0.25) is 0 Å². The van der Waals surface area contributed by atoms with Crippen LogP contribution in [0.25, 0.3) is 0 Å². The number of carbonyl (C=O) groups excluding carboxylic acids is 2. The fourth-order valence-corrected chi connectivity index (χ4v) is 4.78. The number of nitrogens with zero attached hydrogens (tertiary/aromatic N) is 4. The fraction of sp³-hybridized carbons (Fsp3) is 0.704. The summed E-state index contributed by atoms with van der Waals surface area (Å²) in [6, 6.07) is 10.2. The number of hydrogen-bond donors (Lipinski definition) is 0. The average Bonchev–Trinajstić information content (AvgIpc) is 3.28. The van der Waals surface area contributed by atoms with Crippen LogP contribution in [-0.4, -0.2) is 103 Å². The Balaban J connectivity index is 1.49. The van der Waals surface area contributed by atoms with Gasteiger partial charge in [0.15, 0.2) is 0 Å². The number of rotatable bonds is 8. The number of likely N-dealkylation sites (N-methyl/N-ethyl adjacent to an activating group) is 1. The highest BCUT2D eigenvalue weighted by atomic mass is 16.6. The molecule has 2 fully saturated rings. The standard InChI is InChI=1S/C27H44N4O4/c1-27(2,3)35-26(33)29-15-12-24(13-16-29)30(18-17-28(4)5)19-23-11-14-31(20-23)25(32)34-21-22-9-7-6-8-10-22/h6-10,23-24H,11-21H2,1-5H3. The Kier molecular flexibility index (Phi) is 9.80. The molecule has 0 aliphatic carbocycles. The third kappa shape index (κ3) is 9.00. The second-order valence-electron chi connectivity index (χ2n) is 11.1. The zero-order chi connectivity index (χ0) is 25.4.